The number of nitrogens with zero attached hydrogens (tertiary/aromatic N) is 1. The highest BCUT2D eigenvalue weighted by Gasteiger charge is 2.03. The summed E-state index contributed by atoms with van der Waals surface area (Å²) in [4.78, 5) is 14.0. The maximum Gasteiger partial charge on any atom is 0.251 e. The van der Waals surface area contributed by atoms with E-state index in [0.717, 1.165) is 31.6 Å². The molecule has 0 saturated carbocycles. The van der Waals surface area contributed by atoms with Crippen LogP contribution in [0.3, 0.4) is 0 Å². The Morgan fingerprint density at radius 1 is 1.29 bits per heavy atom. The Morgan fingerprint density at radius 3 is 2.53 bits per heavy atom. The van der Waals surface area contributed by atoms with E-state index >= 15 is 0 Å². The fraction of sp³-hybridized carbons (Fsp3) is 0.500. The lowest BCUT2D eigenvalue weighted by molar-refractivity contribution is 0.0952. The molecule has 1 N–H and O–H groups in total. The summed E-state index contributed by atoms with van der Waals surface area (Å²) in [5.74, 6) is 0.0177. The molecule has 0 atom stereocenters. The molecule has 3 nitrogen and oxygen atoms in total. The van der Waals surface area contributed by atoms with E-state index in [1.54, 1.807) is 0 Å². The zero-order valence-electron chi connectivity index (χ0n) is 11.0. The maximum absolute atomic E-state index is 11.7. The van der Waals surface area contributed by atoms with Crippen LogP contribution >= 0.6 is 0 Å². The van der Waals surface area contributed by atoms with Crippen molar-refractivity contribution in [1.82, 2.24) is 10.2 Å². The number of rotatable bonds is 6. The Labute approximate surface area is 104 Å². The summed E-state index contributed by atoms with van der Waals surface area (Å²) in [6, 6.07) is 7.64. The van der Waals surface area contributed by atoms with Crippen molar-refractivity contribution >= 4 is 5.91 Å². The number of hydrogen-bond acceptors (Lipinski definition) is 2. The normalized spacial score (nSPS) is 10.6. The second-order valence-corrected chi connectivity index (χ2v) is 4.37. The zero-order chi connectivity index (χ0) is 12.7. The van der Waals surface area contributed by atoms with E-state index in [0.29, 0.717) is 0 Å². The number of carbonyl (C=O) groups is 1. The molecule has 0 aliphatic carbocycles. The van der Waals surface area contributed by atoms with Crippen molar-refractivity contribution in [2.45, 2.75) is 20.3 Å². The van der Waals surface area contributed by atoms with Crippen LogP contribution in [0, 0.1) is 6.92 Å². The fourth-order valence-electron chi connectivity index (χ4n) is 1.52. The van der Waals surface area contributed by atoms with Gasteiger partial charge in [-0.1, -0.05) is 24.6 Å². The third-order valence-electron chi connectivity index (χ3n) is 2.86. The molecule has 0 fully saturated rings. The molecule has 0 aromatic heterocycles. The molecule has 0 spiro atoms. The number of carbonyl (C=O) groups excluding carboxylic acids is 1. The van der Waals surface area contributed by atoms with Gasteiger partial charge in [0, 0.05) is 12.1 Å². The number of nitrogens with one attached hydrogen (secondary N) is 1. The maximum atomic E-state index is 11.7. The standard InChI is InChI=1S/C14H22N2O/c1-4-16(3)11-5-10-15-14(17)13-8-6-12(2)7-9-13/h6-9H,4-5,10-11H2,1-3H3,(H,15,17). The Balaban J connectivity index is 2.28. The summed E-state index contributed by atoms with van der Waals surface area (Å²) < 4.78 is 0. The summed E-state index contributed by atoms with van der Waals surface area (Å²) in [6.45, 7) is 6.95. The molecule has 1 aromatic rings. The number of hydrogen-bond donors (Lipinski definition) is 1. The molecule has 0 heterocycles. The van der Waals surface area contributed by atoms with Gasteiger partial charge in [-0.2, -0.15) is 0 Å². The molecule has 17 heavy (non-hydrogen) atoms. The van der Waals surface area contributed by atoms with Crippen molar-refractivity contribution in [1.29, 1.82) is 0 Å². The summed E-state index contributed by atoms with van der Waals surface area (Å²) in [5.41, 5.74) is 1.91. The lowest BCUT2D eigenvalue weighted by Crippen LogP contribution is -2.28. The minimum atomic E-state index is 0.0177. The highest BCUT2D eigenvalue weighted by molar-refractivity contribution is 5.94. The molecule has 0 bridgehead atoms. The van der Waals surface area contributed by atoms with Gasteiger partial charge in [-0.3, -0.25) is 4.79 Å². The third-order valence-corrected chi connectivity index (χ3v) is 2.86. The quantitative estimate of drug-likeness (QED) is 0.764. The molecule has 0 radical (unpaired) electrons. The van der Waals surface area contributed by atoms with Crippen molar-refractivity contribution in [3.8, 4) is 0 Å². The minimum Gasteiger partial charge on any atom is -0.352 e. The minimum absolute atomic E-state index is 0.0177. The van der Waals surface area contributed by atoms with E-state index in [1.807, 2.05) is 31.2 Å². The van der Waals surface area contributed by atoms with Gasteiger partial charge in [0.05, 0.1) is 0 Å². The smallest absolute Gasteiger partial charge is 0.251 e. The fourth-order valence-corrected chi connectivity index (χ4v) is 1.52. The van der Waals surface area contributed by atoms with Crippen molar-refractivity contribution in [2.75, 3.05) is 26.7 Å². The van der Waals surface area contributed by atoms with Crippen LogP contribution in [0.5, 0.6) is 0 Å². The van der Waals surface area contributed by atoms with Crippen LogP contribution in [0.4, 0.5) is 0 Å². The van der Waals surface area contributed by atoms with Crippen LogP contribution in [0.1, 0.15) is 29.3 Å². The molecule has 3 heteroatoms. The van der Waals surface area contributed by atoms with Gasteiger partial charge in [0.25, 0.3) is 5.91 Å². The number of amides is 1. The average Bonchev–Trinajstić information content (AvgIpc) is 2.34. The Bertz CT molecular complexity index is 346. The number of benzene rings is 1. The van der Waals surface area contributed by atoms with Crippen molar-refractivity contribution in [3.63, 3.8) is 0 Å². The molecule has 1 aromatic carbocycles. The van der Waals surface area contributed by atoms with Gasteiger partial charge in [0.1, 0.15) is 0 Å². The van der Waals surface area contributed by atoms with Gasteiger partial charge in [-0.05, 0) is 45.6 Å². The Morgan fingerprint density at radius 2 is 1.94 bits per heavy atom. The first-order valence-electron chi connectivity index (χ1n) is 6.17. The SMILES string of the molecule is CCN(C)CCCNC(=O)c1ccc(C)cc1. The lowest BCUT2D eigenvalue weighted by atomic mass is 10.1. The Hall–Kier alpha value is -1.35. The van der Waals surface area contributed by atoms with Crippen molar-refractivity contribution < 1.29 is 4.79 Å². The largest absolute Gasteiger partial charge is 0.352 e. The molecule has 0 saturated heterocycles. The Kier molecular flexibility index (Phi) is 5.70. The average molecular weight is 234 g/mol. The molecule has 0 aliphatic heterocycles. The van der Waals surface area contributed by atoms with E-state index in [9.17, 15) is 4.79 Å². The second-order valence-electron chi connectivity index (χ2n) is 4.37. The third kappa shape index (κ3) is 5.00. The molecule has 1 rings (SSSR count). The van der Waals surface area contributed by atoms with Gasteiger partial charge >= 0.3 is 0 Å². The first kappa shape index (κ1) is 13.7. The summed E-state index contributed by atoms with van der Waals surface area (Å²) in [7, 11) is 2.09. The summed E-state index contributed by atoms with van der Waals surface area (Å²) in [5, 5.41) is 2.93. The zero-order valence-corrected chi connectivity index (χ0v) is 11.0. The molecule has 94 valence electrons. The molecular weight excluding hydrogens is 212 g/mol. The lowest BCUT2D eigenvalue weighted by Gasteiger charge is -2.13. The van der Waals surface area contributed by atoms with E-state index in [1.165, 1.54) is 5.56 Å². The van der Waals surface area contributed by atoms with E-state index < -0.39 is 0 Å². The predicted molar refractivity (Wildman–Crippen MR) is 71.3 cm³/mol. The van der Waals surface area contributed by atoms with Crippen LogP contribution < -0.4 is 5.32 Å². The molecule has 0 unspecified atom stereocenters. The van der Waals surface area contributed by atoms with Gasteiger partial charge in [-0.25, -0.2) is 0 Å². The van der Waals surface area contributed by atoms with Crippen LogP contribution in [0.15, 0.2) is 24.3 Å². The number of aryl methyl sites for hydroxylation is 1. The van der Waals surface area contributed by atoms with Crippen LogP contribution in [-0.2, 0) is 0 Å². The van der Waals surface area contributed by atoms with Crippen LogP contribution in [0.2, 0.25) is 0 Å². The van der Waals surface area contributed by atoms with Gasteiger partial charge < -0.3 is 10.2 Å². The summed E-state index contributed by atoms with van der Waals surface area (Å²) >= 11 is 0. The molecule has 1 amide bonds. The first-order valence-corrected chi connectivity index (χ1v) is 6.17. The summed E-state index contributed by atoms with van der Waals surface area (Å²) in [6.07, 6.45) is 0.988. The molecule has 0 aliphatic rings. The topological polar surface area (TPSA) is 32.3 Å². The predicted octanol–water partition coefficient (Wildman–Crippen LogP) is 2.07. The monoisotopic (exact) mass is 234 g/mol. The highest BCUT2D eigenvalue weighted by Crippen LogP contribution is 2.02. The first-order chi connectivity index (χ1) is 8.13. The van der Waals surface area contributed by atoms with Gasteiger partial charge in [0.15, 0.2) is 0 Å². The second kappa shape index (κ2) is 7.07. The van der Waals surface area contributed by atoms with E-state index in [-0.39, 0.29) is 5.91 Å². The molecular formula is C14H22N2O. The van der Waals surface area contributed by atoms with Crippen LogP contribution in [0.25, 0.3) is 0 Å². The van der Waals surface area contributed by atoms with Gasteiger partial charge in [0.2, 0.25) is 0 Å². The van der Waals surface area contributed by atoms with E-state index in [2.05, 4.69) is 24.2 Å². The highest BCUT2D eigenvalue weighted by atomic mass is 16.1. The van der Waals surface area contributed by atoms with Gasteiger partial charge in [-0.15, -0.1) is 0 Å². The van der Waals surface area contributed by atoms with Crippen molar-refractivity contribution in [2.24, 2.45) is 0 Å². The van der Waals surface area contributed by atoms with E-state index in [4.69, 9.17) is 0 Å². The van der Waals surface area contributed by atoms with Crippen molar-refractivity contribution in [3.05, 3.63) is 35.4 Å². The van der Waals surface area contributed by atoms with Crippen LogP contribution in [-0.4, -0.2) is 37.5 Å².